The van der Waals surface area contributed by atoms with Gasteiger partial charge in [-0.15, -0.1) is 0 Å². The monoisotopic (exact) mass is 221 g/mol. The molecule has 84 valence electrons. The maximum Gasteiger partial charge on any atom is 0.332 e. The van der Waals surface area contributed by atoms with E-state index in [2.05, 4.69) is 4.98 Å². The second-order valence-electron chi connectivity index (χ2n) is 3.50. The minimum absolute atomic E-state index is 0.292. The summed E-state index contributed by atoms with van der Waals surface area (Å²) in [5, 5.41) is 0.353. The van der Waals surface area contributed by atoms with Crippen molar-refractivity contribution in [1.29, 1.82) is 0 Å². The molecule has 6 heteroatoms. The molecule has 0 fully saturated rings. The van der Waals surface area contributed by atoms with Gasteiger partial charge >= 0.3 is 5.69 Å². The number of aromatic amines is 1. The highest BCUT2D eigenvalue weighted by Crippen LogP contribution is 2.08. The average Bonchev–Trinajstić information content (AvgIpc) is 2.71. The topological polar surface area (TPSA) is 76.9 Å². The maximum atomic E-state index is 11.8. The van der Waals surface area contributed by atoms with Gasteiger partial charge in [0.15, 0.2) is 6.29 Å². The van der Waals surface area contributed by atoms with Gasteiger partial charge in [0.1, 0.15) is 5.65 Å². The first kappa shape index (κ1) is 10.4. The number of fused-ring (bicyclic) bond motifs is 1. The molecule has 0 saturated carbocycles. The van der Waals surface area contributed by atoms with E-state index in [0.717, 1.165) is 4.57 Å². The van der Waals surface area contributed by atoms with Gasteiger partial charge in [-0.1, -0.05) is 0 Å². The van der Waals surface area contributed by atoms with Crippen LogP contribution in [0.25, 0.3) is 11.0 Å². The summed E-state index contributed by atoms with van der Waals surface area (Å²) in [4.78, 5) is 36.9. The lowest BCUT2D eigenvalue weighted by Crippen LogP contribution is -2.37. The van der Waals surface area contributed by atoms with Crippen molar-refractivity contribution >= 4 is 17.3 Å². The Morgan fingerprint density at radius 1 is 1.44 bits per heavy atom. The Morgan fingerprint density at radius 3 is 2.69 bits per heavy atom. The fourth-order valence-electron chi connectivity index (χ4n) is 1.74. The molecule has 2 aromatic heterocycles. The molecular weight excluding hydrogens is 210 g/mol. The van der Waals surface area contributed by atoms with Crippen molar-refractivity contribution in [2.24, 2.45) is 7.05 Å². The first-order chi connectivity index (χ1) is 7.60. The lowest BCUT2D eigenvalue weighted by atomic mass is 10.3. The van der Waals surface area contributed by atoms with Crippen LogP contribution in [0.3, 0.4) is 0 Å². The highest BCUT2D eigenvalue weighted by atomic mass is 16.2. The van der Waals surface area contributed by atoms with E-state index in [1.54, 1.807) is 6.92 Å². The number of hydrogen-bond donors (Lipinski definition) is 1. The molecule has 2 heterocycles. The van der Waals surface area contributed by atoms with Crippen molar-refractivity contribution in [3.05, 3.63) is 32.6 Å². The molecule has 6 nitrogen and oxygen atoms in total. The van der Waals surface area contributed by atoms with Gasteiger partial charge in [0, 0.05) is 13.6 Å². The van der Waals surface area contributed by atoms with Crippen molar-refractivity contribution in [1.82, 2.24) is 14.1 Å². The highest BCUT2D eigenvalue weighted by molar-refractivity contribution is 5.85. The van der Waals surface area contributed by atoms with Crippen LogP contribution in [0.15, 0.2) is 15.7 Å². The first-order valence-corrected chi connectivity index (χ1v) is 4.87. The molecule has 16 heavy (non-hydrogen) atoms. The maximum absolute atomic E-state index is 11.8. The summed E-state index contributed by atoms with van der Waals surface area (Å²) in [6, 6.07) is 1.45. The molecule has 1 N–H and O–H groups in total. The van der Waals surface area contributed by atoms with Gasteiger partial charge in [0.2, 0.25) is 0 Å². The summed E-state index contributed by atoms with van der Waals surface area (Å²) in [7, 11) is 1.42. The molecule has 0 aliphatic rings. The second-order valence-corrected chi connectivity index (χ2v) is 3.50. The van der Waals surface area contributed by atoms with E-state index < -0.39 is 5.56 Å². The summed E-state index contributed by atoms with van der Waals surface area (Å²) in [6.45, 7) is 2.23. The summed E-state index contributed by atoms with van der Waals surface area (Å²) < 4.78 is 2.46. The van der Waals surface area contributed by atoms with E-state index in [1.165, 1.54) is 17.7 Å². The van der Waals surface area contributed by atoms with Crippen LogP contribution < -0.4 is 11.2 Å². The van der Waals surface area contributed by atoms with Crippen LogP contribution in [0, 0.1) is 0 Å². The third-order valence-electron chi connectivity index (χ3n) is 2.58. The quantitative estimate of drug-likeness (QED) is 0.717. The predicted molar refractivity (Wildman–Crippen MR) is 58.9 cm³/mol. The molecule has 2 rings (SSSR count). The number of aldehydes is 1. The third kappa shape index (κ3) is 1.23. The number of hydrogen-bond acceptors (Lipinski definition) is 3. The molecule has 0 amide bonds. The molecule has 0 saturated heterocycles. The SMILES string of the molecule is CCn1c(=O)n(C)c(=O)c2cc(C=O)[nH]c21. The number of nitrogens with one attached hydrogen (secondary N) is 1. The zero-order chi connectivity index (χ0) is 11.9. The average molecular weight is 221 g/mol. The Balaban J connectivity index is 3.07. The highest BCUT2D eigenvalue weighted by Gasteiger charge is 2.12. The molecule has 2 aromatic rings. The van der Waals surface area contributed by atoms with E-state index in [9.17, 15) is 14.4 Å². The number of rotatable bonds is 2. The fourth-order valence-corrected chi connectivity index (χ4v) is 1.74. The van der Waals surface area contributed by atoms with Crippen LogP contribution in [0.2, 0.25) is 0 Å². The molecule has 0 aliphatic carbocycles. The Bertz CT molecular complexity index is 675. The van der Waals surface area contributed by atoms with E-state index in [4.69, 9.17) is 0 Å². The number of aromatic nitrogens is 3. The molecule has 0 aromatic carbocycles. The fraction of sp³-hybridized carbons (Fsp3) is 0.300. The minimum atomic E-state index is -0.394. The van der Waals surface area contributed by atoms with Gasteiger partial charge in [-0.25, -0.2) is 4.79 Å². The van der Waals surface area contributed by atoms with E-state index in [-0.39, 0.29) is 5.69 Å². The Labute approximate surface area is 90.1 Å². The van der Waals surface area contributed by atoms with Gasteiger partial charge in [-0.2, -0.15) is 0 Å². The Kier molecular flexibility index (Phi) is 2.26. The van der Waals surface area contributed by atoms with Gasteiger partial charge in [0.25, 0.3) is 5.56 Å². The molecular formula is C10H11N3O3. The number of H-pyrrole nitrogens is 1. The molecule has 0 aliphatic heterocycles. The van der Waals surface area contributed by atoms with Crippen LogP contribution >= 0.6 is 0 Å². The first-order valence-electron chi connectivity index (χ1n) is 4.87. The summed E-state index contributed by atoms with van der Waals surface area (Å²) >= 11 is 0. The number of aryl methyl sites for hydroxylation is 1. The summed E-state index contributed by atoms with van der Waals surface area (Å²) in [6.07, 6.45) is 0.615. The third-order valence-corrected chi connectivity index (χ3v) is 2.58. The Morgan fingerprint density at radius 2 is 2.12 bits per heavy atom. The van der Waals surface area contributed by atoms with Gasteiger partial charge in [0.05, 0.1) is 11.1 Å². The van der Waals surface area contributed by atoms with Gasteiger partial charge < -0.3 is 4.98 Å². The van der Waals surface area contributed by atoms with Crippen LogP contribution in [0.1, 0.15) is 17.4 Å². The molecule has 0 spiro atoms. The molecule has 0 unspecified atom stereocenters. The molecule has 0 atom stereocenters. The van der Waals surface area contributed by atoms with Gasteiger partial charge in [-0.3, -0.25) is 18.7 Å². The van der Waals surface area contributed by atoms with Crippen LogP contribution in [-0.4, -0.2) is 20.4 Å². The van der Waals surface area contributed by atoms with Crippen molar-refractivity contribution in [2.75, 3.05) is 0 Å². The number of carbonyl (C=O) groups is 1. The van der Waals surface area contributed by atoms with Gasteiger partial charge in [-0.05, 0) is 13.0 Å². The number of carbonyl (C=O) groups excluding carboxylic acids is 1. The van der Waals surface area contributed by atoms with Crippen LogP contribution in [0.4, 0.5) is 0 Å². The minimum Gasteiger partial charge on any atom is -0.338 e. The summed E-state index contributed by atoms with van der Waals surface area (Å²) in [5.74, 6) is 0. The zero-order valence-corrected chi connectivity index (χ0v) is 8.98. The van der Waals surface area contributed by atoms with E-state index in [1.807, 2.05) is 0 Å². The van der Waals surface area contributed by atoms with E-state index in [0.29, 0.717) is 29.6 Å². The molecule has 0 bridgehead atoms. The predicted octanol–water partition coefficient (Wildman–Crippen LogP) is -0.139. The van der Waals surface area contributed by atoms with Crippen LogP contribution in [0.5, 0.6) is 0 Å². The Hall–Kier alpha value is -2.11. The normalized spacial score (nSPS) is 10.9. The largest absolute Gasteiger partial charge is 0.338 e. The lowest BCUT2D eigenvalue weighted by molar-refractivity contribution is 0.111. The standard InChI is InChI=1S/C10H11N3O3/c1-3-13-8-7(4-6(5-14)11-8)9(15)12(2)10(13)16/h4-5,11H,3H2,1-2H3. The van der Waals surface area contributed by atoms with Crippen molar-refractivity contribution < 1.29 is 4.79 Å². The van der Waals surface area contributed by atoms with Crippen molar-refractivity contribution in [3.63, 3.8) is 0 Å². The second kappa shape index (κ2) is 3.48. The van der Waals surface area contributed by atoms with Crippen molar-refractivity contribution in [2.45, 2.75) is 13.5 Å². The van der Waals surface area contributed by atoms with E-state index >= 15 is 0 Å². The summed E-state index contributed by atoms with van der Waals surface area (Å²) in [5.41, 5.74) is -0.0917. The molecule has 0 radical (unpaired) electrons. The lowest BCUT2D eigenvalue weighted by Gasteiger charge is -2.05. The smallest absolute Gasteiger partial charge is 0.332 e. The number of nitrogens with zero attached hydrogens (tertiary/aromatic N) is 2. The van der Waals surface area contributed by atoms with Crippen LogP contribution in [-0.2, 0) is 13.6 Å². The van der Waals surface area contributed by atoms with Crippen molar-refractivity contribution in [3.8, 4) is 0 Å². The zero-order valence-electron chi connectivity index (χ0n) is 8.98.